The van der Waals surface area contributed by atoms with E-state index < -0.39 is 0 Å². The Balaban J connectivity index is 2.12. The number of nitrogens with one attached hydrogen (secondary N) is 2. The fourth-order valence-electron chi connectivity index (χ4n) is 1.02. The number of carbonyl (C=O) groups is 1. The number of aryl methyl sites for hydroxylation is 1. The molecular formula is C9H16N4OS. The average molecular weight is 228 g/mol. The van der Waals surface area contributed by atoms with Gasteiger partial charge in [0.1, 0.15) is 5.82 Å². The minimum Gasteiger partial charge on any atom is -0.360 e. The molecule has 84 valence electrons. The molecule has 15 heavy (non-hydrogen) atoms. The molecule has 0 fully saturated rings. The van der Waals surface area contributed by atoms with Gasteiger partial charge in [-0.25, -0.2) is 4.98 Å². The summed E-state index contributed by atoms with van der Waals surface area (Å²) in [5.41, 5.74) is 0. The van der Waals surface area contributed by atoms with Crippen molar-refractivity contribution in [3.63, 3.8) is 0 Å². The van der Waals surface area contributed by atoms with E-state index >= 15 is 0 Å². The summed E-state index contributed by atoms with van der Waals surface area (Å²) in [5, 5.41) is 6.76. The number of hydrogen-bond acceptors (Lipinski definition) is 5. The summed E-state index contributed by atoms with van der Waals surface area (Å²) in [7, 11) is 0. The van der Waals surface area contributed by atoms with Crippen molar-refractivity contribution < 1.29 is 4.79 Å². The zero-order valence-corrected chi connectivity index (χ0v) is 9.86. The van der Waals surface area contributed by atoms with Crippen molar-refractivity contribution in [3.05, 3.63) is 5.82 Å². The molecular weight excluding hydrogens is 212 g/mol. The highest BCUT2D eigenvalue weighted by Crippen LogP contribution is 2.10. The van der Waals surface area contributed by atoms with Gasteiger partial charge in [-0.15, -0.1) is 0 Å². The van der Waals surface area contributed by atoms with Gasteiger partial charge in [-0.3, -0.25) is 4.79 Å². The van der Waals surface area contributed by atoms with Crippen LogP contribution in [0, 0.1) is 0 Å². The van der Waals surface area contributed by atoms with E-state index in [-0.39, 0.29) is 5.91 Å². The maximum absolute atomic E-state index is 10.6. The largest absolute Gasteiger partial charge is 0.360 e. The summed E-state index contributed by atoms with van der Waals surface area (Å²) in [4.78, 5) is 14.8. The molecule has 0 atom stereocenters. The second-order valence-electron chi connectivity index (χ2n) is 3.13. The second kappa shape index (κ2) is 6.34. The molecule has 1 rings (SSSR count). The van der Waals surface area contributed by atoms with Gasteiger partial charge in [0.2, 0.25) is 11.0 Å². The molecule has 2 N–H and O–H groups in total. The van der Waals surface area contributed by atoms with Gasteiger partial charge in [-0.1, -0.05) is 6.92 Å². The number of rotatable bonds is 6. The van der Waals surface area contributed by atoms with Crippen LogP contribution in [0.3, 0.4) is 0 Å². The van der Waals surface area contributed by atoms with Gasteiger partial charge in [0.25, 0.3) is 0 Å². The van der Waals surface area contributed by atoms with Gasteiger partial charge >= 0.3 is 0 Å². The van der Waals surface area contributed by atoms with E-state index in [0.717, 1.165) is 30.3 Å². The van der Waals surface area contributed by atoms with Crippen LogP contribution < -0.4 is 10.6 Å². The van der Waals surface area contributed by atoms with Crippen molar-refractivity contribution in [2.24, 2.45) is 0 Å². The van der Waals surface area contributed by atoms with Crippen molar-refractivity contribution in [3.8, 4) is 0 Å². The molecule has 0 unspecified atom stereocenters. The summed E-state index contributed by atoms with van der Waals surface area (Å²) in [6.45, 7) is 5.05. The Labute approximate surface area is 93.5 Å². The molecule has 0 spiro atoms. The summed E-state index contributed by atoms with van der Waals surface area (Å²) < 4.78 is 4.16. The minimum absolute atomic E-state index is 0.0131. The first kappa shape index (κ1) is 11.9. The lowest BCUT2D eigenvalue weighted by Gasteiger charge is -2.02. The lowest BCUT2D eigenvalue weighted by Crippen LogP contribution is -2.22. The van der Waals surface area contributed by atoms with Gasteiger partial charge in [0.15, 0.2) is 0 Å². The summed E-state index contributed by atoms with van der Waals surface area (Å²) >= 11 is 1.38. The van der Waals surface area contributed by atoms with E-state index in [1.807, 2.05) is 6.92 Å². The summed E-state index contributed by atoms with van der Waals surface area (Å²) in [5.74, 6) is 0.892. The fourth-order valence-corrected chi connectivity index (χ4v) is 1.69. The molecule has 0 aliphatic carbocycles. The fraction of sp³-hybridized carbons (Fsp3) is 0.667. The highest BCUT2D eigenvalue weighted by molar-refractivity contribution is 7.09. The van der Waals surface area contributed by atoms with Crippen LogP contribution in [0.1, 0.15) is 26.1 Å². The van der Waals surface area contributed by atoms with Gasteiger partial charge in [0.05, 0.1) is 0 Å². The monoisotopic (exact) mass is 228 g/mol. The Morgan fingerprint density at radius 2 is 2.27 bits per heavy atom. The molecule has 0 saturated heterocycles. The van der Waals surface area contributed by atoms with Gasteiger partial charge in [0, 0.05) is 38.0 Å². The molecule has 1 heterocycles. The number of hydrogen-bond donors (Lipinski definition) is 2. The van der Waals surface area contributed by atoms with Crippen LogP contribution in [0.2, 0.25) is 0 Å². The number of nitrogens with zero attached hydrogens (tertiary/aromatic N) is 2. The molecule has 1 aromatic rings. The third-order valence-corrected chi connectivity index (χ3v) is 2.50. The molecule has 0 saturated carbocycles. The molecule has 0 radical (unpaired) electrons. The minimum atomic E-state index is 0.0131. The van der Waals surface area contributed by atoms with Crippen LogP contribution in [0.5, 0.6) is 0 Å². The van der Waals surface area contributed by atoms with E-state index in [0.29, 0.717) is 6.54 Å². The Hall–Kier alpha value is -1.17. The molecule has 1 amide bonds. The number of aromatic nitrogens is 2. The Morgan fingerprint density at radius 3 is 2.87 bits per heavy atom. The quantitative estimate of drug-likeness (QED) is 0.714. The lowest BCUT2D eigenvalue weighted by molar-refractivity contribution is -0.118. The number of anilines is 1. The zero-order valence-electron chi connectivity index (χ0n) is 9.04. The van der Waals surface area contributed by atoms with Crippen LogP contribution in [-0.4, -0.2) is 28.4 Å². The maximum atomic E-state index is 10.6. The van der Waals surface area contributed by atoms with Crippen LogP contribution >= 0.6 is 11.5 Å². The third-order valence-electron chi connectivity index (χ3n) is 1.79. The first-order chi connectivity index (χ1) is 7.22. The molecule has 1 aromatic heterocycles. The highest BCUT2D eigenvalue weighted by atomic mass is 32.1. The maximum Gasteiger partial charge on any atom is 0.216 e. The zero-order chi connectivity index (χ0) is 11.1. The Kier molecular flexibility index (Phi) is 5.03. The van der Waals surface area contributed by atoms with Gasteiger partial charge in [-0.2, -0.15) is 4.37 Å². The smallest absolute Gasteiger partial charge is 0.216 e. The highest BCUT2D eigenvalue weighted by Gasteiger charge is 2.00. The van der Waals surface area contributed by atoms with Crippen molar-refractivity contribution in [1.29, 1.82) is 0 Å². The second-order valence-corrected chi connectivity index (χ2v) is 3.88. The van der Waals surface area contributed by atoms with Crippen LogP contribution in [0.4, 0.5) is 5.13 Å². The molecule has 0 aliphatic heterocycles. The van der Waals surface area contributed by atoms with E-state index in [4.69, 9.17) is 0 Å². The lowest BCUT2D eigenvalue weighted by atomic mass is 10.4. The molecule has 0 aromatic carbocycles. The average Bonchev–Trinajstić information content (AvgIpc) is 2.65. The van der Waals surface area contributed by atoms with E-state index in [1.165, 1.54) is 18.5 Å². The van der Waals surface area contributed by atoms with E-state index in [2.05, 4.69) is 20.0 Å². The van der Waals surface area contributed by atoms with Crippen molar-refractivity contribution in [2.45, 2.75) is 26.7 Å². The summed E-state index contributed by atoms with van der Waals surface area (Å²) in [6.07, 6.45) is 1.75. The Bertz CT molecular complexity index is 313. The van der Waals surface area contributed by atoms with Crippen LogP contribution in [0.15, 0.2) is 0 Å². The van der Waals surface area contributed by atoms with Crippen molar-refractivity contribution in [2.75, 3.05) is 18.4 Å². The Morgan fingerprint density at radius 1 is 1.47 bits per heavy atom. The molecule has 0 aliphatic rings. The summed E-state index contributed by atoms with van der Waals surface area (Å²) in [6, 6.07) is 0. The van der Waals surface area contributed by atoms with Crippen LogP contribution in [0.25, 0.3) is 0 Å². The first-order valence-electron chi connectivity index (χ1n) is 5.03. The standard InChI is InChI=1S/C9H16N4OS/c1-3-8-12-9(15-13-8)11-6-4-5-10-7(2)14/h3-6H2,1-2H3,(H,10,14)(H,11,12,13). The predicted molar refractivity (Wildman–Crippen MR) is 61.1 cm³/mol. The number of amides is 1. The van der Waals surface area contributed by atoms with Crippen LogP contribution in [-0.2, 0) is 11.2 Å². The third kappa shape index (κ3) is 4.73. The van der Waals surface area contributed by atoms with Gasteiger partial charge < -0.3 is 10.6 Å². The van der Waals surface area contributed by atoms with Crippen molar-refractivity contribution >= 4 is 22.6 Å². The predicted octanol–water partition coefficient (Wildman–Crippen LogP) is 1.04. The van der Waals surface area contributed by atoms with Crippen molar-refractivity contribution in [1.82, 2.24) is 14.7 Å². The SMILES string of the molecule is CCc1nsc(NCCCNC(C)=O)n1. The molecule has 6 heteroatoms. The molecule has 0 bridgehead atoms. The topological polar surface area (TPSA) is 66.9 Å². The van der Waals surface area contributed by atoms with E-state index in [9.17, 15) is 4.79 Å². The first-order valence-corrected chi connectivity index (χ1v) is 5.80. The normalized spacial score (nSPS) is 10.0. The van der Waals surface area contributed by atoms with E-state index in [1.54, 1.807) is 0 Å². The number of carbonyl (C=O) groups excluding carboxylic acids is 1. The van der Waals surface area contributed by atoms with Gasteiger partial charge in [-0.05, 0) is 6.42 Å². The molecule has 5 nitrogen and oxygen atoms in total.